The van der Waals surface area contributed by atoms with Crippen LogP contribution >= 0.6 is 22.9 Å². The summed E-state index contributed by atoms with van der Waals surface area (Å²) in [5, 5.41) is 10.7. The second kappa shape index (κ2) is 6.52. The Morgan fingerprint density at radius 1 is 1.52 bits per heavy atom. The minimum absolute atomic E-state index is 0.154. The van der Waals surface area contributed by atoms with Gasteiger partial charge < -0.3 is 4.57 Å². The highest BCUT2D eigenvalue weighted by Gasteiger charge is 2.24. The molecule has 2 aromatic rings. The predicted octanol–water partition coefficient (Wildman–Crippen LogP) is 1.87. The van der Waals surface area contributed by atoms with E-state index in [1.54, 1.807) is 18.7 Å². The summed E-state index contributed by atoms with van der Waals surface area (Å²) in [6.07, 6.45) is 5.61. The van der Waals surface area contributed by atoms with Gasteiger partial charge in [0.2, 0.25) is 10.0 Å². The Hall–Kier alpha value is -1.49. The molecule has 0 radical (unpaired) electrons. The van der Waals surface area contributed by atoms with Gasteiger partial charge >= 0.3 is 0 Å². The number of halogens is 1. The molecule has 8 nitrogen and oxygen atoms in total. The maximum absolute atomic E-state index is 12.0. The highest BCUT2D eigenvalue weighted by Crippen LogP contribution is 2.35. The van der Waals surface area contributed by atoms with Crippen molar-refractivity contribution < 1.29 is 13.3 Å². The van der Waals surface area contributed by atoms with Crippen molar-refractivity contribution in [2.75, 3.05) is 6.54 Å². The Bertz CT molecular complexity index is 726. The van der Waals surface area contributed by atoms with Gasteiger partial charge in [-0.2, -0.15) is 0 Å². The van der Waals surface area contributed by atoms with Crippen LogP contribution in [0.15, 0.2) is 29.0 Å². The number of nitro groups is 1. The topological polar surface area (TPSA) is 107 Å². The molecule has 2 rings (SSSR count). The molecule has 0 amide bonds. The zero-order chi connectivity index (χ0) is 15.5. The van der Waals surface area contributed by atoms with E-state index in [0.29, 0.717) is 24.3 Å². The van der Waals surface area contributed by atoms with Crippen LogP contribution in [-0.2, 0) is 16.6 Å². The number of nitrogens with one attached hydrogen (secondary N) is 1. The highest BCUT2D eigenvalue weighted by atomic mass is 35.5. The van der Waals surface area contributed by atoms with Gasteiger partial charge in [-0.1, -0.05) is 11.6 Å². The van der Waals surface area contributed by atoms with Gasteiger partial charge in [0, 0.05) is 31.5 Å². The third-order valence-corrected chi connectivity index (χ3v) is 5.82. The molecule has 0 spiro atoms. The number of aryl methyl sites for hydroxylation is 1. The van der Waals surface area contributed by atoms with E-state index in [1.165, 1.54) is 0 Å². The lowest BCUT2D eigenvalue weighted by molar-refractivity contribution is -0.384. The van der Waals surface area contributed by atoms with Gasteiger partial charge in [0.1, 0.15) is 4.21 Å². The molecular formula is C10H11ClN4O4S2. The van der Waals surface area contributed by atoms with Gasteiger partial charge in [0.05, 0.1) is 11.3 Å². The van der Waals surface area contributed by atoms with Crippen LogP contribution in [0.4, 0.5) is 5.69 Å². The average Bonchev–Trinajstić information content (AvgIpc) is 3.04. The van der Waals surface area contributed by atoms with Gasteiger partial charge in [-0.25, -0.2) is 18.1 Å². The first kappa shape index (κ1) is 15.9. The smallest absolute Gasteiger partial charge is 0.300 e. The molecule has 1 N–H and O–H groups in total. The molecule has 0 atom stereocenters. The van der Waals surface area contributed by atoms with E-state index in [-0.39, 0.29) is 15.1 Å². The zero-order valence-corrected chi connectivity index (χ0v) is 13.0. The first-order valence-electron chi connectivity index (χ1n) is 5.79. The Labute approximate surface area is 129 Å². The number of imidazole rings is 1. The van der Waals surface area contributed by atoms with Crippen molar-refractivity contribution in [3.63, 3.8) is 0 Å². The first-order valence-corrected chi connectivity index (χ1v) is 8.47. The largest absolute Gasteiger partial charge is 0.337 e. The number of hydrogen-bond acceptors (Lipinski definition) is 6. The van der Waals surface area contributed by atoms with Gasteiger partial charge in [-0.15, -0.1) is 11.3 Å². The number of aromatic nitrogens is 2. The van der Waals surface area contributed by atoms with Crippen molar-refractivity contribution >= 4 is 38.6 Å². The summed E-state index contributed by atoms with van der Waals surface area (Å²) >= 11 is 6.31. The normalized spacial score (nSPS) is 11.7. The third kappa shape index (κ3) is 4.00. The summed E-state index contributed by atoms with van der Waals surface area (Å²) in [6.45, 7) is 0.831. The Kier molecular flexibility index (Phi) is 4.93. The van der Waals surface area contributed by atoms with E-state index < -0.39 is 20.6 Å². The lowest BCUT2D eigenvalue weighted by atomic mass is 10.4. The van der Waals surface area contributed by atoms with Crippen LogP contribution < -0.4 is 4.72 Å². The maximum Gasteiger partial charge on any atom is 0.300 e. The minimum atomic E-state index is -3.78. The van der Waals surface area contributed by atoms with Crippen LogP contribution in [0, 0.1) is 10.1 Å². The van der Waals surface area contributed by atoms with Gasteiger partial charge in [0.15, 0.2) is 4.34 Å². The van der Waals surface area contributed by atoms with Crippen molar-refractivity contribution in [1.82, 2.24) is 14.3 Å². The summed E-state index contributed by atoms with van der Waals surface area (Å²) in [6, 6.07) is 0.963. The molecule has 0 aliphatic carbocycles. The quantitative estimate of drug-likeness (QED) is 0.466. The van der Waals surface area contributed by atoms with Crippen molar-refractivity contribution in [2.45, 2.75) is 17.2 Å². The molecule has 21 heavy (non-hydrogen) atoms. The molecule has 2 heterocycles. The molecule has 2 aromatic heterocycles. The van der Waals surface area contributed by atoms with Crippen LogP contribution in [0.3, 0.4) is 0 Å². The predicted molar refractivity (Wildman–Crippen MR) is 78.0 cm³/mol. The van der Waals surface area contributed by atoms with Crippen molar-refractivity contribution in [2.24, 2.45) is 0 Å². The van der Waals surface area contributed by atoms with Crippen molar-refractivity contribution in [3.05, 3.63) is 39.2 Å². The van der Waals surface area contributed by atoms with Crippen molar-refractivity contribution in [3.8, 4) is 0 Å². The number of hydrogen-bond donors (Lipinski definition) is 1. The fourth-order valence-corrected chi connectivity index (χ4v) is 4.34. The molecule has 0 fully saturated rings. The van der Waals surface area contributed by atoms with Crippen LogP contribution in [0.1, 0.15) is 6.42 Å². The second-order valence-corrected chi connectivity index (χ2v) is 7.68. The molecular weight excluding hydrogens is 340 g/mol. The maximum atomic E-state index is 12.0. The van der Waals surface area contributed by atoms with Crippen LogP contribution in [-0.4, -0.2) is 29.4 Å². The van der Waals surface area contributed by atoms with E-state index >= 15 is 0 Å². The highest BCUT2D eigenvalue weighted by molar-refractivity contribution is 7.91. The fourth-order valence-electron chi connectivity index (χ4n) is 1.55. The van der Waals surface area contributed by atoms with E-state index in [4.69, 9.17) is 11.6 Å². The lowest BCUT2D eigenvalue weighted by Gasteiger charge is -2.04. The third-order valence-electron chi connectivity index (χ3n) is 2.55. The lowest BCUT2D eigenvalue weighted by Crippen LogP contribution is -2.24. The summed E-state index contributed by atoms with van der Waals surface area (Å²) in [4.78, 5) is 13.8. The van der Waals surface area contributed by atoms with Crippen molar-refractivity contribution in [1.29, 1.82) is 0 Å². The number of rotatable bonds is 7. The molecule has 114 valence electrons. The standard InChI is InChI=1S/C10H11ClN4O4S2/c11-10-8(15(16)17)6-9(20-10)21(18,19)13-2-1-4-14-5-3-12-7-14/h3,5-7,13H,1-2,4H2. The van der Waals surface area contributed by atoms with E-state index in [2.05, 4.69) is 9.71 Å². The first-order chi connectivity index (χ1) is 9.90. The summed E-state index contributed by atoms with van der Waals surface area (Å²) in [5.41, 5.74) is -0.402. The zero-order valence-electron chi connectivity index (χ0n) is 10.6. The van der Waals surface area contributed by atoms with Crippen LogP contribution in [0.5, 0.6) is 0 Å². The SMILES string of the molecule is O=[N+]([O-])c1cc(S(=O)(=O)NCCCn2ccnc2)sc1Cl. The average molecular weight is 351 g/mol. The Balaban J connectivity index is 1.95. The number of sulfonamides is 1. The Morgan fingerprint density at radius 2 is 2.29 bits per heavy atom. The van der Waals surface area contributed by atoms with Crippen LogP contribution in [0.2, 0.25) is 4.34 Å². The molecule has 0 aromatic carbocycles. The molecule has 0 saturated heterocycles. The van der Waals surface area contributed by atoms with Gasteiger partial charge in [0.25, 0.3) is 5.69 Å². The van der Waals surface area contributed by atoms with Crippen LogP contribution in [0.25, 0.3) is 0 Å². The summed E-state index contributed by atoms with van der Waals surface area (Å²) in [5.74, 6) is 0. The van der Waals surface area contributed by atoms with Gasteiger partial charge in [-0.05, 0) is 6.42 Å². The molecule has 0 aliphatic rings. The molecule has 0 aliphatic heterocycles. The number of nitrogens with zero attached hydrogens (tertiary/aromatic N) is 3. The molecule has 0 unspecified atom stereocenters. The van der Waals surface area contributed by atoms with E-state index in [1.807, 2.05) is 4.57 Å². The fraction of sp³-hybridized carbons (Fsp3) is 0.300. The Morgan fingerprint density at radius 3 is 2.86 bits per heavy atom. The molecule has 0 bridgehead atoms. The summed E-state index contributed by atoms with van der Waals surface area (Å²) in [7, 11) is -3.78. The summed E-state index contributed by atoms with van der Waals surface area (Å²) < 4.78 is 27.8. The van der Waals surface area contributed by atoms with E-state index in [9.17, 15) is 18.5 Å². The molecule has 0 saturated carbocycles. The number of thiophene rings is 1. The van der Waals surface area contributed by atoms with Gasteiger partial charge in [-0.3, -0.25) is 10.1 Å². The monoisotopic (exact) mass is 350 g/mol. The molecule has 11 heteroatoms. The van der Waals surface area contributed by atoms with E-state index in [0.717, 1.165) is 6.07 Å². The minimum Gasteiger partial charge on any atom is -0.337 e. The second-order valence-electron chi connectivity index (χ2n) is 4.03.